The molecular formula is C10H15N3O2. The van der Waals surface area contributed by atoms with Gasteiger partial charge < -0.3 is 15.8 Å². The molecule has 5 heteroatoms. The van der Waals surface area contributed by atoms with Crippen molar-refractivity contribution in [3.05, 3.63) is 17.7 Å². The minimum absolute atomic E-state index is 0.351. The number of nitrogens with two attached hydrogens (primary N) is 1. The number of imidazole rings is 1. The molecule has 1 fully saturated rings. The summed E-state index contributed by atoms with van der Waals surface area (Å²) in [5.41, 5.74) is 6.48. The van der Waals surface area contributed by atoms with Gasteiger partial charge in [0.2, 0.25) is 0 Å². The van der Waals surface area contributed by atoms with Crippen molar-refractivity contribution in [2.75, 3.05) is 0 Å². The molecule has 1 aliphatic carbocycles. The lowest BCUT2D eigenvalue weighted by atomic mass is 10.1. The van der Waals surface area contributed by atoms with Gasteiger partial charge in [0, 0.05) is 17.8 Å². The van der Waals surface area contributed by atoms with Crippen LogP contribution in [-0.4, -0.2) is 21.0 Å². The van der Waals surface area contributed by atoms with Crippen LogP contribution in [0.3, 0.4) is 0 Å². The molecule has 4 N–H and O–H groups in total. The van der Waals surface area contributed by atoms with Crippen molar-refractivity contribution in [3.63, 3.8) is 0 Å². The number of nitrogens with one attached hydrogen (secondary N) is 1. The summed E-state index contributed by atoms with van der Waals surface area (Å²) < 4.78 is 0. The van der Waals surface area contributed by atoms with Crippen LogP contribution in [0.1, 0.15) is 49.2 Å². The molecule has 1 unspecified atom stereocenters. The van der Waals surface area contributed by atoms with E-state index in [2.05, 4.69) is 9.97 Å². The third-order valence-electron chi connectivity index (χ3n) is 2.97. The van der Waals surface area contributed by atoms with Crippen molar-refractivity contribution in [1.29, 1.82) is 0 Å². The standard InChI is InChI=1S/C10H15N3O2/c11-8(10(14)15)9-12-5-7(13-9)6-3-1-2-4-6/h5-6,8H,1-4,11H2,(H,12,13)(H,14,15). The number of aliphatic carboxylic acids is 1. The second kappa shape index (κ2) is 4.02. The van der Waals surface area contributed by atoms with E-state index in [1.807, 2.05) is 0 Å². The Hall–Kier alpha value is -1.36. The van der Waals surface area contributed by atoms with Gasteiger partial charge in [-0.1, -0.05) is 12.8 Å². The molecule has 0 spiro atoms. The number of rotatable bonds is 3. The van der Waals surface area contributed by atoms with Crippen LogP contribution in [0, 0.1) is 0 Å². The topological polar surface area (TPSA) is 92.0 Å². The molecule has 82 valence electrons. The van der Waals surface area contributed by atoms with Gasteiger partial charge in [0.15, 0.2) is 6.04 Å². The van der Waals surface area contributed by atoms with Crippen molar-refractivity contribution in [1.82, 2.24) is 9.97 Å². The highest BCUT2D eigenvalue weighted by atomic mass is 16.4. The Kier molecular flexibility index (Phi) is 2.73. The second-order valence-corrected chi connectivity index (χ2v) is 4.02. The van der Waals surface area contributed by atoms with E-state index in [0.717, 1.165) is 18.5 Å². The number of carbonyl (C=O) groups is 1. The first-order chi connectivity index (χ1) is 7.18. The predicted molar refractivity (Wildman–Crippen MR) is 54.4 cm³/mol. The summed E-state index contributed by atoms with van der Waals surface area (Å²) in [6.07, 6.45) is 6.51. The molecule has 1 aromatic rings. The maximum absolute atomic E-state index is 10.6. The molecule has 0 radical (unpaired) electrons. The Bertz CT molecular complexity index is 355. The number of hydrogen-bond acceptors (Lipinski definition) is 3. The van der Waals surface area contributed by atoms with Gasteiger partial charge in [-0.2, -0.15) is 0 Å². The summed E-state index contributed by atoms with van der Waals surface area (Å²) in [4.78, 5) is 17.7. The molecule has 0 amide bonds. The Balaban J connectivity index is 2.12. The smallest absolute Gasteiger partial charge is 0.328 e. The van der Waals surface area contributed by atoms with Crippen LogP contribution in [-0.2, 0) is 4.79 Å². The molecule has 1 heterocycles. The first kappa shape index (κ1) is 10.2. The molecule has 2 rings (SSSR count). The zero-order valence-corrected chi connectivity index (χ0v) is 8.44. The average molecular weight is 209 g/mol. The minimum Gasteiger partial charge on any atom is -0.480 e. The van der Waals surface area contributed by atoms with Gasteiger partial charge in [0.1, 0.15) is 5.82 Å². The van der Waals surface area contributed by atoms with Crippen LogP contribution < -0.4 is 5.73 Å². The van der Waals surface area contributed by atoms with Crippen LogP contribution in [0.25, 0.3) is 0 Å². The molecule has 0 aliphatic heterocycles. The fourth-order valence-electron chi connectivity index (χ4n) is 2.07. The zero-order chi connectivity index (χ0) is 10.8. The first-order valence-electron chi connectivity index (χ1n) is 5.21. The number of nitrogens with zero attached hydrogens (tertiary/aromatic N) is 1. The summed E-state index contributed by atoms with van der Waals surface area (Å²) in [5, 5.41) is 8.73. The van der Waals surface area contributed by atoms with Crippen molar-refractivity contribution >= 4 is 5.97 Å². The van der Waals surface area contributed by atoms with E-state index >= 15 is 0 Å². The van der Waals surface area contributed by atoms with Crippen LogP contribution in [0.5, 0.6) is 0 Å². The van der Waals surface area contributed by atoms with Crippen molar-refractivity contribution in [2.24, 2.45) is 5.73 Å². The number of carboxylic acids is 1. The van der Waals surface area contributed by atoms with Gasteiger partial charge in [0.05, 0.1) is 0 Å². The first-order valence-corrected chi connectivity index (χ1v) is 5.21. The fourth-order valence-corrected chi connectivity index (χ4v) is 2.07. The summed E-state index contributed by atoms with van der Waals surface area (Å²) in [5.74, 6) is -0.195. The summed E-state index contributed by atoms with van der Waals surface area (Å²) in [7, 11) is 0. The molecular weight excluding hydrogens is 194 g/mol. The largest absolute Gasteiger partial charge is 0.480 e. The SMILES string of the molecule is NC(C(=O)O)c1ncc(C2CCCC2)[nH]1. The molecule has 1 saturated carbocycles. The molecule has 5 nitrogen and oxygen atoms in total. The zero-order valence-electron chi connectivity index (χ0n) is 8.44. The molecule has 0 bridgehead atoms. The van der Waals surface area contributed by atoms with Gasteiger partial charge >= 0.3 is 5.97 Å². The Morgan fingerprint density at radius 2 is 2.27 bits per heavy atom. The molecule has 1 atom stereocenters. The third kappa shape index (κ3) is 2.02. The van der Waals surface area contributed by atoms with E-state index in [-0.39, 0.29) is 0 Å². The molecule has 15 heavy (non-hydrogen) atoms. The summed E-state index contributed by atoms with van der Waals surface area (Å²) >= 11 is 0. The van der Waals surface area contributed by atoms with E-state index < -0.39 is 12.0 Å². The van der Waals surface area contributed by atoms with Crippen molar-refractivity contribution < 1.29 is 9.90 Å². The van der Waals surface area contributed by atoms with Gasteiger partial charge in [-0.25, -0.2) is 4.98 Å². The van der Waals surface area contributed by atoms with Gasteiger partial charge in [-0.05, 0) is 12.8 Å². The minimum atomic E-state index is -1.05. The normalized spacial score (nSPS) is 19.3. The van der Waals surface area contributed by atoms with Gasteiger partial charge in [0.25, 0.3) is 0 Å². The quantitative estimate of drug-likeness (QED) is 0.696. The molecule has 1 aliphatic rings. The maximum atomic E-state index is 10.6. The summed E-state index contributed by atoms with van der Waals surface area (Å²) in [6, 6.07) is -1.04. The van der Waals surface area contributed by atoms with Crippen molar-refractivity contribution in [3.8, 4) is 0 Å². The van der Waals surface area contributed by atoms with Crippen LogP contribution in [0.4, 0.5) is 0 Å². The van der Waals surface area contributed by atoms with E-state index in [0.29, 0.717) is 11.7 Å². The third-order valence-corrected chi connectivity index (χ3v) is 2.97. The fraction of sp³-hybridized carbons (Fsp3) is 0.600. The Morgan fingerprint density at radius 3 is 2.87 bits per heavy atom. The van der Waals surface area contributed by atoms with E-state index in [1.54, 1.807) is 6.20 Å². The Labute approximate surface area is 87.7 Å². The maximum Gasteiger partial charge on any atom is 0.328 e. The molecule has 1 aromatic heterocycles. The highest BCUT2D eigenvalue weighted by Gasteiger charge is 2.22. The average Bonchev–Trinajstić information content (AvgIpc) is 2.86. The van der Waals surface area contributed by atoms with E-state index in [4.69, 9.17) is 10.8 Å². The van der Waals surface area contributed by atoms with Crippen molar-refractivity contribution in [2.45, 2.75) is 37.6 Å². The lowest BCUT2D eigenvalue weighted by Gasteiger charge is -2.05. The van der Waals surface area contributed by atoms with Crippen LogP contribution in [0.15, 0.2) is 6.20 Å². The van der Waals surface area contributed by atoms with Crippen LogP contribution in [0.2, 0.25) is 0 Å². The van der Waals surface area contributed by atoms with Gasteiger partial charge in [-0.3, -0.25) is 4.79 Å². The summed E-state index contributed by atoms with van der Waals surface area (Å²) in [6.45, 7) is 0. The highest BCUT2D eigenvalue weighted by Crippen LogP contribution is 2.33. The molecule has 0 saturated heterocycles. The van der Waals surface area contributed by atoms with Gasteiger partial charge in [-0.15, -0.1) is 0 Å². The number of aromatic nitrogens is 2. The lowest BCUT2D eigenvalue weighted by molar-refractivity contribution is -0.138. The van der Waals surface area contributed by atoms with Crippen LogP contribution >= 0.6 is 0 Å². The second-order valence-electron chi connectivity index (χ2n) is 4.02. The Morgan fingerprint density at radius 1 is 1.60 bits per heavy atom. The van der Waals surface area contributed by atoms with E-state index in [1.165, 1.54) is 12.8 Å². The predicted octanol–water partition coefficient (Wildman–Crippen LogP) is 1.15. The van der Waals surface area contributed by atoms with E-state index in [9.17, 15) is 4.79 Å². The number of hydrogen-bond donors (Lipinski definition) is 3. The number of carboxylic acid groups (broad SMARTS) is 1. The highest BCUT2D eigenvalue weighted by molar-refractivity contribution is 5.73. The molecule has 0 aromatic carbocycles. The number of H-pyrrole nitrogens is 1. The monoisotopic (exact) mass is 209 g/mol. The number of aromatic amines is 1. The lowest BCUT2D eigenvalue weighted by Crippen LogP contribution is -2.21.